The molecule has 0 saturated heterocycles. The van der Waals surface area contributed by atoms with Crippen molar-refractivity contribution in [3.63, 3.8) is 0 Å². The van der Waals surface area contributed by atoms with Crippen LogP contribution in [-0.4, -0.2) is 50.9 Å². The Hall–Kier alpha value is -3.85. The van der Waals surface area contributed by atoms with E-state index in [0.29, 0.717) is 11.4 Å². The number of para-hydroxylation sites is 1. The van der Waals surface area contributed by atoms with Crippen molar-refractivity contribution < 1.29 is 22.7 Å². The summed E-state index contributed by atoms with van der Waals surface area (Å²) in [5.41, 5.74) is 2.19. The molecule has 0 aliphatic rings. The molecule has 0 heterocycles. The van der Waals surface area contributed by atoms with Crippen LogP contribution in [0.2, 0.25) is 0 Å². The summed E-state index contributed by atoms with van der Waals surface area (Å²) in [5.74, 6) is -0.301. The number of nitrogens with one attached hydrogen (secondary N) is 1. The summed E-state index contributed by atoms with van der Waals surface area (Å²) in [7, 11) is -2.62. The lowest BCUT2D eigenvalue weighted by Gasteiger charge is -2.32. The first kappa shape index (κ1) is 28.7. The smallest absolute Gasteiger partial charge is 0.264 e. The van der Waals surface area contributed by atoms with E-state index in [0.717, 1.165) is 15.4 Å². The van der Waals surface area contributed by atoms with E-state index in [1.165, 1.54) is 24.1 Å². The van der Waals surface area contributed by atoms with Gasteiger partial charge in [-0.15, -0.1) is 0 Å². The maximum absolute atomic E-state index is 13.8. The first-order chi connectivity index (χ1) is 18.0. The van der Waals surface area contributed by atoms with Crippen molar-refractivity contribution in [1.29, 1.82) is 0 Å². The average molecular weight is 538 g/mol. The van der Waals surface area contributed by atoms with Crippen LogP contribution in [0.25, 0.3) is 0 Å². The third-order valence-electron chi connectivity index (χ3n) is 6.00. The van der Waals surface area contributed by atoms with Crippen molar-refractivity contribution in [3.8, 4) is 5.75 Å². The van der Waals surface area contributed by atoms with Gasteiger partial charge in [-0.2, -0.15) is 0 Å². The average Bonchev–Trinajstić information content (AvgIpc) is 2.90. The Morgan fingerprint density at radius 2 is 1.58 bits per heavy atom. The molecule has 0 fully saturated rings. The van der Waals surface area contributed by atoms with Crippen molar-refractivity contribution in [2.45, 2.75) is 51.2 Å². The van der Waals surface area contributed by atoms with E-state index in [-0.39, 0.29) is 23.4 Å². The van der Waals surface area contributed by atoms with E-state index >= 15 is 0 Å². The van der Waals surface area contributed by atoms with E-state index < -0.39 is 28.5 Å². The number of anilines is 1. The molecule has 0 spiro atoms. The molecule has 0 aromatic heterocycles. The van der Waals surface area contributed by atoms with E-state index in [1.54, 1.807) is 49.4 Å². The first-order valence-corrected chi connectivity index (χ1v) is 13.8. The molecule has 0 radical (unpaired) electrons. The van der Waals surface area contributed by atoms with E-state index in [9.17, 15) is 18.0 Å². The number of aryl methyl sites for hydroxylation is 1. The number of amides is 2. The van der Waals surface area contributed by atoms with E-state index in [4.69, 9.17) is 4.74 Å². The van der Waals surface area contributed by atoms with Crippen molar-refractivity contribution in [2.75, 3.05) is 18.0 Å². The number of ether oxygens (including phenoxy) is 1. The van der Waals surface area contributed by atoms with E-state index in [2.05, 4.69) is 5.32 Å². The number of carbonyl (C=O) groups excluding carboxylic acids is 2. The van der Waals surface area contributed by atoms with Gasteiger partial charge in [-0.25, -0.2) is 8.42 Å². The normalized spacial score (nSPS) is 12.1. The van der Waals surface area contributed by atoms with Crippen LogP contribution in [0.5, 0.6) is 5.75 Å². The van der Waals surface area contributed by atoms with Gasteiger partial charge < -0.3 is 15.0 Å². The second-order valence-electron chi connectivity index (χ2n) is 9.37. The predicted octanol–water partition coefficient (Wildman–Crippen LogP) is 4.14. The van der Waals surface area contributed by atoms with Crippen LogP contribution in [0.1, 0.15) is 31.9 Å². The number of hydrogen-bond donors (Lipinski definition) is 1. The van der Waals surface area contributed by atoms with Gasteiger partial charge >= 0.3 is 0 Å². The van der Waals surface area contributed by atoms with Crippen molar-refractivity contribution in [1.82, 2.24) is 10.2 Å². The topological polar surface area (TPSA) is 96.0 Å². The highest BCUT2D eigenvalue weighted by Crippen LogP contribution is 2.26. The zero-order valence-corrected chi connectivity index (χ0v) is 23.2. The number of hydrogen-bond acceptors (Lipinski definition) is 5. The molecule has 202 valence electrons. The summed E-state index contributed by atoms with van der Waals surface area (Å²) in [4.78, 5) is 28.2. The molecule has 0 aliphatic carbocycles. The molecule has 38 heavy (non-hydrogen) atoms. The van der Waals surface area contributed by atoms with Gasteiger partial charge in [-0.3, -0.25) is 13.9 Å². The molecule has 2 amide bonds. The molecule has 3 aromatic carbocycles. The number of benzene rings is 3. The van der Waals surface area contributed by atoms with Gasteiger partial charge in [0.2, 0.25) is 11.8 Å². The summed E-state index contributed by atoms with van der Waals surface area (Å²) in [5, 5.41) is 2.85. The summed E-state index contributed by atoms with van der Waals surface area (Å²) >= 11 is 0. The Bertz CT molecular complexity index is 1340. The Kier molecular flexibility index (Phi) is 9.52. The molecular weight excluding hydrogens is 502 g/mol. The number of sulfonamides is 1. The lowest BCUT2D eigenvalue weighted by atomic mass is 10.1. The summed E-state index contributed by atoms with van der Waals surface area (Å²) in [6.07, 6.45) is 0. The fourth-order valence-electron chi connectivity index (χ4n) is 3.99. The van der Waals surface area contributed by atoms with Crippen LogP contribution in [0.3, 0.4) is 0 Å². The van der Waals surface area contributed by atoms with Crippen molar-refractivity contribution >= 4 is 27.5 Å². The third-order valence-corrected chi connectivity index (χ3v) is 7.79. The van der Waals surface area contributed by atoms with Crippen molar-refractivity contribution in [3.05, 3.63) is 90.0 Å². The molecule has 1 N–H and O–H groups in total. The van der Waals surface area contributed by atoms with Gasteiger partial charge in [0, 0.05) is 12.6 Å². The summed E-state index contributed by atoms with van der Waals surface area (Å²) in [6, 6.07) is 21.2. The first-order valence-electron chi connectivity index (χ1n) is 12.4. The molecule has 9 heteroatoms. The van der Waals surface area contributed by atoms with Gasteiger partial charge in [0.15, 0.2) is 0 Å². The van der Waals surface area contributed by atoms with Crippen LogP contribution in [0, 0.1) is 6.92 Å². The molecule has 8 nitrogen and oxygen atoms in total. The van der Waals surface area contributed by atoms with Gasteiger partial charge in [-0.1, -0.05) is 48.0 Å². The molecule has 1 unspecified atom stereocenters. The van der Waals surface area contributed by atoms with Gasteiger partial charge in [0.1, 0.15) is 18.3 Å². The SMILES string of the molecule is COc1ccc(S(=O)(=O)N(CC(=O)N(Cc2cccc(C)c2)C(C)C(=O)NC(C)C)c2ccccc2)cc1. The molecule has 0 aliphatic heterocycles. The Morgan fingerprint density at radius 3 is 2.16 bits per heavy atom. The van der Waals surface area contributed by atoms with Crippen LogP contribution in [0.4, 0.5) is 5.69 Å². The molecule has 3 rings (SSSR count). The Labute approximate surface area is 225 Å². The van der Waals surface area contributed by atoms with Gasteiger partial charge in [-0.05, 0) is 69.7 Å². The monoisotopic (exact) mass is 537 g/mol. The summed E-state index contributed by atoms with van der Waals surface area (Å²) in [6.45, 7) is 6.95. The minimum Gasteiger partial charge on any atom is -0.497 e. The largest absolute Gasteiger partial charge is 0.497 e. The summed E-state index contributed by atoms with van der Waals surface area (Å²) < 4.78 is 33.8. The van der Waals surface area contributed by atoms with Crippen molar-refractivity contribution in [2.24, 2.45) is 0 Å². The maximum Gasteiger partial charge on any atom is 0.264 e. The second kappa shape index (κ2) is 12.6. The number of rotatable bonds is 11. The Morgan fingerprint density at radius 1 is 0.921 bits per heavy atom. The van der Waals surface area contributed by atoms with Gasteiger partial charge in [0.25, 0.3) is 10.0 Å². The highest BCUT2D eigenvalue weighted by molar-refractivity contribution is 7.92. The Balaban J connectivity index is 2.00. The zero-order valence-electron chi connectivity index (χ0n) is 22.4. The fraction of sp³-hybridized carbons (Fsp3) is 0.310. The molecule has 3 aromatic rings. The van der Waals surface area contributed by atoms with Crippen LogP contribution < -0.4 is 14.4 Å². The minimum atomic E-state index is -4.12. The number of methoxy groups -OCH3 is 1. The lowest BCUT2D eigenvalue weighted by molar-refractivity contribution is -0.139. The number of nitrogens with zero attached hydrogens (tertiary/aromatic N) is 2. The number of carbonyl (C=O) groups is 2. The van der Waals surface area contributed by atoms with Gasteiger partial charge in [0.05, 0.1) is 17.7 Å². The molecule has 1 atom stereocenters. The molecule has 0 bridgehead atoms. The highest BCUT2D eigenvalue weighted by Gasteiger charge is 2.32. The predicted molar refractivity (Wildman–Crippen MR) is 148 cm³/mol. The highest BCUT2D eigenvalue weighted by atomic mass is 32.2. The fourth-order valence-corrected chi connectivity index (χ4v) is 5.41. The minimum absolute atomic E-state index is 0.0192. The molecule has 0 saturated carbocycles. The van der Waals surface area contributed by atoms with Crippen LogP contribution in [0.15, 0.2) is 83.8 Å². The second-order valence-corrected chi connectivity index (χ2v) is 11.2. The maximum atomic E-state index is 13.8. The quantitative estimate of drug-likeness (QED) is 0.397. The zero-order chi connectivity index (χ0) is 27.9. The van der Waals surface area contributed by atoms with Crippen LogP contribution in [-0.2, 0) is 26.2 Å². The molecular formula is C29H35N3O5S. The lowest BCUT2D eigenvalue weighted by Crippen LogP contribution is -2.52. The van der Waals surface area contributed by atoms with E-state index in [1.807, 2.05) is 45.0 Å². The van der Waals surface area contributed by atoms with Crippen LogP contribution >= 0.6 is 0 Å². The third kappa shape index (κ3) is 7.13. The standard InChI is InChI=1S/C29H35N3O5S/c1-21(2)30-29(34)23(4)31(19-24-11-9-10-22(3)18-24)28(33)20-32(25-12-7-6-8-13-25)38(35,36)27-16-14-26(37-5)15-17-27/h6-18,21,23H,19-20H2,1-5H3,(H,30,34).